The zero-order valence-corrected chi connectivity index (χ0v) is 15.0. The van der Waals surface area contributed by atoms with E-state index in [0.717, 1.165) is 12.8 Å². The number of carbonyl (C=O) groups excluding carboxylic acids is 2. The summed E-state index contributed by atoms with van der Waals surface area (Å²) >= 11 is 0. The van der Waals surface area contributed by atoms with E-state index < -0.39 is 12.9 Å². The van der Waals surface area contributed by atoms with Crippen molar-refractivity contribution in [2.45, 2.75) is 12.8 Å². The minimum Gasteiger partial charge on any atom is -0.494 e. The number of pyridine rings is 2. The first kappa shape index (κ1) is 14.4. The summed E-state index contributed by atoms with van der Waals surface area (Å²) in [5.41, 5.74) is 1.39. The highest BCUT2D eigenvalue weighted by atomic mass is 16.5. The van der Waals surface area contributed by atoms with Crippen LogP contribution in [-0.2, 0) is 4.79 Å². The summed E-state index contributed by atoms with van der Waals surface area (Å²) in [4.78, 5) is 28.8. The largest absolute Gasteiger partial charge is 0.494 e. The van der Waals surface area contributed by atoms with E-state index in [0.29, 0.717) is 17.0 Å². The number of aromatic nitrogens is 3. The average Bonchev–Trinajstić information content (AvgIpc) is 3.48. The van der Waals surface area contributed by atoms with Gasteiger partial charge in [0.05, 0.1) is 30.2 Å². The minimum absolute atomic E-state index is 0.00482. The highest BCUT2D eigenvalue weighted by molar-refractivity contribution is 6.02. The Labute approximate surface area is 165 Å². The van der Waals surface area contributed by atoms with Crippen molar-refractivity contribution in [1.82, 2.24) is 19.9 Å². The molecule has 0 radical (unpaired) electrons. The summed E-state index contributed by atoms with van der Waals surface area (Å²) in [5, 5.41) is 12.0. The fourth-order valence-corrected chi connectivity index (χ4v) is 2.86. The molecule has 0 saturated heterocycles. The first-order valence-corrected chi connectivity index (χ1v) is 8.66. The second-order valence-corrected chi connectivity index (χ2v) is 6.39. The van der Waals surface area contributed by atoms with Gasteiger partial charge in [-0.2, -0.15) is 5.10 Å². The molecular formula is C19H20N6O3. The molecule has 1 fully saturated rings. The smallest absolute Gasteiger partial charge is 0.254 e. The Morgan fingerprint density at radius 3 is 2.93 bits per heavy atom. The van der Waals surface area contributed by atoms with Crippen LogP contribution in [0.1, 0.15) is 27.3 Å². The van der Waals surface area contributed by atoms with Gasteiger partial charge >= 0.3 is 0 Å². The SMILES string of the molecule is [2H]C([2H])([2H])NC(=O)c1cnc(NC(=O)C2CC2)cc1Nc1cnn2cccc(OC)c12. The van der Waals surface area contributed by atoms with Crippen LogP contribution in [-0.4, -0.2) is 40.5 Å². The average molecular weight is 383 g/mol. The molecule has 3 aromatic rings. The lowest BCUT2D eigenvalue weighted by atomic mass is 10.2. The van der Waals surface area contributed by atoms with Gasteiger partial charge in [-0.15, -0.1) is 0 Å². The van der Waals surface area contributed by atoms with E-state index in [1.807, 2.05) is 5.32 Å². The number of nitrogens with one attached hydrogen (secondary N) is 3. The third kappa shape index (κ3) is 3.34. The maximum Gasteiger partial charge on any atom is 0.254 e. The second-order valence-electron chi connectivity index (χ2n) is 6.39. The maximum atomic E-state index is 12.6. The molecule has 4 rings (SSSR count). The molecule has 0 spiro atoms. The number of hydrogen-bond acceptors (Lipinski definition) is 6. The van der Waals surface area contributed by atoms with E-state index in [1.165, 1.54) is 19.4 Å². The van der Waals surface area contributed by atoms with Crippen LogP contribution in [0.3, 0.4) is 0 Å². The van der Waals surface area contributed by atoms with Crippen LogP contribution in [0.25, 0.3) is 5.52 Å². The Morgan fingerprint density at radius 2 is 2.18 bits per heavy atom. The van der Waals surface area contributed by atoms with Crippen LogP contribution in [0.5, 0.6) is 5.75 Å². The van der Waals surface area contributed by atoms with Gasteiger partial charge < -0.3 is 20.7 Å². The van der Waals surface area contributed by atoms with Crippen molar-refractivity contribution < 1.29 is 18.4 Å². The van der Waals surface area contributed by atoms with E-state index in [9.17, 15) is 9.59 Å². The number of methoxy groups -OCH3 is 1. The van der Waals surface area contributed by atoms with Gasteiger partial charge in [0.15, 0.2) is 0 Å². The highest BCUT2D eigenvalue weighted by Gasteiger charge is 2.30. The Balaban J connectivity index is 1.72. The third-order valence-corrected chi connectivity index (χ3v) is 4.45. The van der Waals surface area contributed by atoms with Gasteiger partial charge in [-0.1, -0.05) is 0 Å². The molecule has 1 aliphatic carbocycles. The molecule has 0 bridgehead atoms. The van der Waals surface area contributed by atoms with Crippen LogP contribution >= 0.6 is 0 Å². The molecule has 3 aromatic heterocycles. The summed E-state index contributed by atoms with van der Waals surface area (Å²) in [5.74, 6) is -0.212. The predicted molar refractivity (Wildman–Crippen MR) is 104 cm³/mol. The first-order chi connectivity index (χ1) is 14.7. The van der Waals surface area contributed by atoms with E-state index in [4.69, 9.17) is 8.85 Å². The Bertz CT molecular complexity index is 1160. The summed E-state index contributed by atoms with van der Waals surface area (Å²) in [6.45, 7) is -2.67. The minimum atomic E-state index is -2.67. The standard InChI is InChI=1S/C19H20N6O3/c1-20-19(27)12-9-21-16(24-18(26)11-5-6-11)8-13(12)23-14-10-22-25-7-3-4-15(28-2)17(14)25/h3-4,7-11H,5-6H2,1-2H3,(H,20,27)(H2,21,23,24,26)/i1D3. The Morgan fingerprint density at radius 1 is 1.32 bits per heavy atom. The molecule has 0 aliphatic heterocycles. The van der Waals surface area contributed by atoms with Crippen molar-refractivity contribution in [3.05, 3.63) is 42.4 Å². The normalized spacial score (nSPS) is 15.2. The number of hydrogen-bond donors (Lipinski definition) is 3. The van der Waals surface area contributed by atoms with E-state index >= 15 is 0 Å². The number of ether oxygens (including phenoxy) is 1. The lowest BCUT2D eigenvalue weighted by molar-refractivity contribution is -0.117. The monoisotopic (exact) mass is 383 g/mol. The molecule has 1 saturated carbocycles. The van der Waals surface area contributed by atoms with Crippen LogP contribution in [0.4, 0.5) is 17.2 Å². The molecule has 9 heteroatoms. The molecule has 0 atom stereocenters. The first-order valence-electron chi connectivity index (χ1n) is 10.2. The summed E-state index contributed by atoms with van der Waals surface area (Å²) < 4.78 is 28.9. The van der Waals surface area contributed by atoms with Gasteiger partial charge in [0, 0.05) is 35.5 Å². The zero-order chi connectivity index (χ0) is 22.2. The lowest BCUT2D eigenvalue weighted by Crippen LogP contribution is -2.20. The van der Waals surface area contributed by atoms with Crippen LogP contribution in [0.15, 0.2) is 36.8 Å². The molecule has 3 heterocycles. The summed E-state index contributed by atoms with van der Waals surface area (Å²) in [6, 6.07) is 5.02. The van der Waals surface area contributed by atoms with Gasteiger partial charge in [0.2, 0.25) is 5.91 Å². The van der Waals surface area contributed by atoms with Crippen LogP contribution in [0.2, 0.25) is 0 Å². The Hall–Kier alpha value is -3.62. The van der Waals surface area contributed by atoms with Crippen molar-refractivity contribution in [2.75, 3.05) is 24.7 Å². The van der Waals surface area contributed by atoms with Gasteiger partial charge in [0.1, 0.15) is 17.1 Å². The number of amides is 2. The molecule has 1 aliphatic rings. The molecular weight excluding hydrogens is 360 g/mol. The topological polar surface area (TPSA) is 110 Å². The van der Waals surface area contributed by atoms with Gasteiger partial charge in [-0.3, -0.25) is 9.59 Å². The fourth-order valence-electron chi connectivity index (χ4n) is 2.86. The van der Waals surface area contributed by atoms with Crippen molar-refractivity contribution in [3.63, 3.8) is 0 Å². The number of rotatable bonds is 6. The van der Waals surface area contributed by atoms with E-state index in [2.05, 4.69) is 20.7 Å². The van der Waals surface area contributed by atoms with Gasteiger partial charge in [0.25, 0.3) is 5.91 Å². The molecule has 9 nitrogen and oxygen atoms in total. The van der Waals surface area contributed by atoms with Crippen molar-refractivity contribution in [1.29, 1.82) is 0 Å². The maximum absolute atomic E-state index is 12.6. The molecule has 3 N–H and O–H groups in total. The van der Waals surface area contributed by atoms with Crippen molar-refractivity contribution in [3.8, 4) is 5.75 Å². The van der Waals surface area contributed by atoms with Crippen LogP contribution in [0, 0.1) is 5.92 Å². The quantitative estimate of drug-likeness (QED) is 0.602. The third-order valence-electron chi connectivity index (χ3n) is 4.45. The second kappa shape index (κ2) is 7.18. The number of carbonyl (C=O) groups is 2. The number of fused-ring (bicyclic) bond motifs is 1. The van der Waals surface area contributed by atoms with Gasteiger partial charge in [-0.05, 0) is 25.0 Å². The van der Waals surface area contributed by atoms with Crippen molar-refractivity contribution in [2.24, 2.45) is 5.92 Å². The predicted octanol–water partition coefficient (Wildman–Crippen LogP) is 2.19. The molecule has 0 aromatic carbocycles. The zero-order valence-electron chi connectivity index (χ0n) is 18.0. The molecule has 0 unspecified atom stereocenters. The van der Waals surface area contributed by atoms with E-state index in [-0.39, 0.29) is 28.9 Å². The van der Waals surface area contributed by atoms with Crippen LogP contribution < -0.4 is 20.7 Å². The van der Waals surface area contributed by atoms with Crippen molar-refractivity contribution >= 4 is 34.5 Å². The number of nitrogens with zero attached hydrogens (tertiary/aromatic N) is 3. The molecule has 144 valence electrons. The Kier molecular flexibility index (Phi) is 3.70. The summed E-state index contributed by atoms with van der Waals surface area (Å²) in [6.07, 6.45) is 6.16. The lowest BCUT2D eigenvalue weighted by Gasteiger charge is -2.13. The summed E-state index contributed by atoms with van der Waals surface area (Å²) in [7, 11) is 1.53. The molecule has 2 amide bonds. The highest BCUT2D eigenvalue weighted by Crippen LogP contribution is 2.32. The van der Waals surface area contributed by atoms with E-state index in [1.54, 1.807) is 29.0 Å². The fraction of sp³-hybridized carbons (Fsp3) is 0.263. The van der Waals surface area contributed by atoms with Gasteiger partial charge in [-0.25, -0.2) is 9.50 Å². The molecule has 28 heavy (non-hydrogen) atoms. The number of anilines is 3.